The minimum Gasteiger partial charge on any atom is -0.481 e. The molecule has 0 fully saturated rings. The van der Waals surface area contributed by atoms with E-state index in [0.717, 1.165) is 44.1 Å². The fourth-order valence-electron chi connectivity index (χ4n) is 4.97. The summed E-state index contributed by atoms with van der Waals surface area (Å²) in [6.07, 6.45) is 5.76. The number of hydrogen-bond donors (Lipinski definition) is 3. The van der Waals surface area contributed by atoms with Gasteiger partial charge in [0, 0.05) is 36.1 Å². The van der Waals surface area contributed by atoms with Crippen LogP contribution in [0.4, 0.5) is 0 Å². The molecular formula is C39H48N2O8. The fourth-order valence-corrected chi connectivity index (χ4v) is 4.97. The monoisotopic (exact) mass is 672 g/mol. The van der Waals surface area contributed by atoms with Crippen LogP contribution in [0.3, 0.4) is 0 Å². The quantitative estimate of drug-likeness (QED) is 0.132. The molecule has 2 aromatic carbocycles. The first-order valence-corrected chi connectivity index (χ1v) is 15.9. The number of fused-ring (bicyclic) bond motifs is 2. The van der Waals surface area contributed by atoms with Crippen LogP contribution in [0.25, 0.3) is 34.0 Å². The van der Waals surface area contributed by atoms with Gasteiger partial charge in [-0.2, -0.15) is 0 Å². The SMILES string of the molecule is COCc1cc2ccc(/C=C/C(C)(C)C(=O)O)cc2nc1[C@@H](C)O.COCc1cc2ccc(/C=C/C(C)(C)C(=O)OC)cc2nc1[C@@H](C)O. The predicted octanol–water partition coefficient (Wildman–Crippen LogP) is 7.21. The molecule has 0 aliphatic rings. The number of pyridine rings is 2. The van der Waals surface area contributed by atoms with Gasteiger partial charge in [0.1, 0.15) is 0 Å². The van der Waals surface area contributed by atoms with Gasteiger partial charge < -0.3 is 29.5 Å². The molecule has 10 heteroatoms. The van der Waals surface area contributed by atoms with Crippen LogP contribution in [0.1, 0.15) is 87.4 Å². The van der Waals surface area contributed by atoms with Crippen molar-refractivity contribution in [3.63, 3.8) is 0 Å². The maximum Gasteiger partial charge on any atom is 0.315 e. The molecule has 2 aromatic heterocycles. The summed E-state index contributed by atoms with van der Waals surface area (Å²) in [6.45, 7) is 11.0. The summed E-state index contributed by atoms with van der Waals surface area (Å²) < 4.78 is 15.2. The Balaban J connectivity index is 0.000000266. The largest absolute Gasteiger partial charge is 0.481 e. The number of aliphatic hydroxyl groups excluding tert-OH is 2. The van der Waals surface area contributed by atoms with Crippen LogP contribution in [0.2, 0.25) is 0 Å². The Morgan fingerprint density at radius 1 is 0.714 bits per heavy atom. The van der Waals surface area contributed by atoms with Gasteiger partial charge in [0.05, 0.1) is 65.8 Å². The zero-order valence-corrected chi connectivity index (χ0v) is 29.8. The van der Waals surface area contributed by atoms with E-state index < -0.39 is 29.0 Å². The van der Waals surface area contributed by atoms with Gasteiger partial charge in [0.25, 0.3) is 0 Å². The molecule has 0 spiro atoms. The van der Waals surface area contributed by atoms with Gasteiger partial charge in [0.2, 0.25) is 0 Å². The van der Waals surface area contributed by atoms with Crippen LogP contribution in [-0.2, 0) is 37.0 Å². The average molecular weight is 673 g/mol. The fraction of sp³-hybridized carbons (Fsp3) is 0.385. The third kappa shape index (κ3) is 10.3. The number of aromatic nitrogens is 2. The Labute approximate surface area is 288 Å². The second-order valence-corrected chi connectivity index (χ2v) is 13.1. The summed E-state index contributed by atoms with van der Waals surface area (Å²) in [6, 6.07) is 15.5. The molecule has 3 N–H and O–H groups in total. The van der Waals surface area contributed by atoms with Crippen LogP contribution < -0.4 is 0 Å². The van der Waals surface area contributed by atoms with Gasteiger partial charge >= 0.3 is 11.9 Å². The topological polar surface area (TPSA) is 148 Å². The van der Waals surface area contributed by atoms with E-state index in [4.69, 9.17) is 19.3 Å². The zero-order chi connectivity index (χ0) is 36.5. The Kier molecular flexibility index (Phi) is 13.3. The van der Waals surface area contributed by atoms with Crippen molar-refractivity contribution in [1.82, 2.24) is 9.97 Å². The van der Waals surface area contributed by atoms with Gasteiger partial charge in [0.15, 0.2) is 0 Å². The molecule has 0 unspecified atom stereocenters. The van der Waals surface area contributed by atoms with E-state index in [1.165, 1.54) is 7.11 Å². The highest BCUT2D eigenvalue weighted by molar-refractivity contribution is 5.84. The minimum absolute atomic E-state index is 0.289. The first-order valence-electron chi connectivity index (χ1n) is 15.9. The summed E-state index contributed by atoms with van der Waals surface area (Å²) in [4.78, 5) is 32.1. The normalized spacial score (nSPS) is 13.4. The Hall–Kier alpha value is -4.48. The number of carboxylic acid groups (broad SMARTS) is 1. The number of carboxylic acids is 1. The third-order valence-corrected chi connectivity index (χ3v) is 7.95. The lowest BCUT2D eigenvalue weighted by Gasteiger charge is -2.16. The molecule has 0 radical (unpaired) electrons. The van der Waals surface area contributed by atoms with Crippen molar-refractivity contribution in [3.8, 4) is 0 Å². The smallest absolute Gasteiger partial charge is 0.315 e. The van der Waals surface area contributed by atoms with Crippen LogP contribution in [0, 0.1) is 10.8 Å². The molecule has 0 saturated carbocycles. The van der Waals surface area contributed by atoms with Gasteiger partial charge in [-0.05, 0) is 76.9 Å². The molecule has 262 valence electrons. The molecule has 49 heavy (non-hydrogen) atoms. The van der Waals surface area contributed by atoms with Gasteiger partial charge in [-0.25, -0.2) is 9.97 Å². The standard InChI is InChI=1S/C20H25NO4.C19H23NO4/c1-13(22)18-16(12-24-4)11-15-7-6-14(10-17(15)21-18)8-9-20(2,3)19(23)25-5;1-12(21)17-15(11-24-4)10-14-6-5-13(9-16(14)20-17)7-8-19(2,3)18(22)23/h6-11,13,22H,12H2,1-5H3;5-10,12,21H,11H2,1-4H3,(H,22,23)/b9-8+;8-7+/t13-;12-/m11/s1. The highest BCUT2D eigenvalue weighted by Gasteiger charge is 2.25. The second-order valence-electron chi connectivity index (χ2n) is 13.1. The number of nitrogens with zero attached hydrogens (tertiary/aromatic N) is 2. The van der Waals surface area contributed by atoms with E-state index in [-0.39, 0.29) is 5.97 Å². The Morgan fingerprint density at radius 3 is 1.47 bits per heavy atom. The summed E-state index contributed by atoms with van der Waals surface area (Å²) in [5, 5.41) is 31.0. The summed E-state index contributed by atoms with van der Waals surface area (Å²) in [5.41, 5.74) is 4.63. The van der Waals surface area contributed by atoms with Crippen LogP contribution >= 0.6 is 0 Å². The molecule has 4 aromatic rings. The molecule has 0 aliphatic carbocycles. The second kappa shape index (κ2) is 16.8. The number of aliphatic hydroxyl groups is 2. The van der Waals surface area contributed by atoms with E-state index in [1.807, 2.05) is 60.7 Å². The van der Waals surface area contributed by atoms with Crippen LogP contribution in [-0.4, -0.2) is 58.6 Å². The summed E-state index contributed by atoms with van der Waals surface area (Å²) in [5.74, 6) is -1.17. The van der Waals surface area contributed by atoms with E-state index in [0.29, 0.717) is 24.6 Å². The van der Waals surface area contributed by atoms with E-state index >= 15 is 0 Å². The third-order valence-electron chi connectivity index (χ3n) is 7.95. The van der Waals surface area contributed by atoms with Crippen molar-refractivity contribution in [2.45, 2.75) is 67.0 Å². The van der Waals surface area contributed by atoms with Crippen LogP contribution in [0.15, 0.2) is 60.7 Å². The van der Waals surface area contributed by atoms with Gasteiger partial charge in [-0.1, -0.05) is 48.6 Å². The molecule has 0 saturated heterocycles. The van der Waals surface area contributed by atoms with Crippen molar-refractivity contribution in [2.75, 3.05) is 21.3 Å². The molecule has 0 amide bonds. The highest BCUT2D eigenvalue weighted by atomic mass is 16.5. The zero-order valence-electron chi connectivity index (χ0n) is 29.8. The molecule has 10 nitrogen and oxygen atoms in total. The minimum atomic E-state index is -0.935. The van der Waals surface area contributed by atoms with E-state index in [1.54, 1.807) is 67.9 Å². The number of rotatable bonds is 12. The molecular weight excluding hydrogens is 624 g/mol. The lowest BCUT2D eigenvalue weighted by atomic mass is 9.92. The average Bonchev–Trinajstić information content (AvgIpc) is 3.05. The molecule has 2 atom stereocenters. The lowest BCUT2D eigenvalue weighted by Crippen LogP contribution is -2.22. The number of carbonyl (C=O) groups excluding carboxylic acids is 1. The van der Waals surface area contributed by atoms with Crippen molar-refractivity contribution in [3.05, 3.63) is 94.3 Å². The first kappa shape index (κ1) is 39.0. The van der Waals surface area contributed by atoms with E-state index in [2.05, 4.69) is 9.97 Å². The number of esters is 1. The number of hydrogen-bond acceptors (Lipinski definition) is 9. The van der Waals surface area contributed by atoms with E-state index in [9.17, 15) is 19.8 Å². The number of aliphatic carboxylic acids is 1. The molecule has 0 bridgehead atoms. The number of methoxy groups -OCH3 is 3. The van der Waals surface area contributed by atoms with Crippen molar-refractivity contribution >= 4 is 45.9 Å². The maximum absolute atomic E-state index is 11.8. The Morgan fingerprint density at radius 2 is 1.12 bits per heavy atom. The Bertz CT molecular complexity index is 1840. The van der Waals surface area contributed by atoms with Crippen molar-refractivity contribution in [1.29, 1.82) is 0 Å². The first-order chi connectivity index (χ1) is 23.0. The number of ether oxygens (including phenoxy) is 3. The lowest BCUT2D eigenvalue weighted by molar-refractivity contribution is -0.148. The maximum atomic E-state index is 11.8. The van der Waals surface area contributed by atoms with Crippen molar-refractivity contribution < 1.29 is 39.1 Å². The highest BCUT2D eigenvalue weighted by Crippen LogP contribution is 2.27. The molecule has 2 heterocycles. The number of benzene rings is 2. The summed E-state index contributed by atoms with van der Waals surface area (Å²) >= 11 is 0. The van der Waals surface area contributed by atoms with Crippen LogP contribution in [0.5, 0.6) is 0 Å². The number of carbonyl (C=O) groups is 2. The molecule has 4 rings (SSSR count). The van der Waals surface area contributed by atoms with Gasteiger partial charge in [-0.15, -0.1) is 0 Å². The predicted molar refractivity (Wildman–Crippen MR) is 191 cm³/mol. The summed E-state index contributed by atoms with van der Waals surface area (Å²) in [7, 11) is 4.61. The van der Waals surface area contributed by atoms with Crippen molar-refractivity contribution in [2.24, 2.45) is 10.8 Å². The molecule has 0 aliphatic heterocycles. The van der Waals surface area contributed by atoms with Gasteiger partial charge in [-0.3, -0.25) is 9.59 Å².